The van der Waals surface area contributed by atoms with Gasteiger partial charge in [0, 0.05) is 24.6 Å². The first-order valence-corrected chi connectivity index (χ1v) is 10.5. The van der Waals surface area contributed by atoms with Crippen LogP contribution in [0.2, 0.25) is 0 Å². The molecule has 1 aliphatic rings. The molecule has 0 unspecified atom stereocenters. The van der Waals surface area contributed by atoms with E-state index >= 15 is 0 Å². The number of aromatic amines is 1. The highest BCUT2D eigenvalue weighted by atomic mass is 19.1. The lowest BCUT2D eigenvalue weighted by Crippen LogP contribution is -2.38. The van der Waals surface area contributed by atoms with Gasteiger partial charge in [0.1, 0.15) is 11.6 Å². The van der Waals surface area contributed by atoms with Gasteiger partial charge in [-0.2, -0.15) is 0 Å². The Balaban J connectivity index is 1.36. The standard InChI is InChI=1S/C23H21FN6O2/c24-18-8-4-5-15(13-18)14-30-21-19(27-28-30)22(31)26-20(25-21)16-9-11-29(12-10-16)23(32)17-6-2-1-3-7-17/h1-8,13,16H,9-12,14H2,(H,25,26,31). The van der Waals surface area contributed by atoms with Gasteiger partial charge in [0.15, 0.2) is 11.2 Å². The average Bonchev–Trinajstić information content (AvgIpc) is 3.22. The van der Waals surface area contributed by atoms with Crippen molar-refractivity contribution in [3.8, 4) is 0 Å². The summed E-state index contributed by atoms with van der Waals surface area (Å²) < 4.78 is 15.0. The Hall–Kier alpha value is -3.88. The topological polar surface area (TPSA) is 96.8 Å². The number of nitrogens with one attached hydrogen (secondary N) is 1. The number of carbonyl (C=O) groups excluding carboxylic acids is 1. The highest BCUT2D eigenvalue weighted by Crippen LogP contribution is 2.26. The number of fused-ring (bicyclic) bond motifs is 1. The largest absolute Gasteiger partial charge is 0.339 e. The third kappa shape index (κ3) is 3.89. The summed E-state index contributed by atoms with van der Waals surface area (Å²) in [4.78, 5) is 34.6. The molecule has 1 amide bonds. The number of hydrogen-bond donors (Lipinski definition) is 1. The highest BCUT2D eigenvalue weighted by molar-refractivity contribution is 5.94. The van der Waals surface area contributed by atoms with Gasteiger partial charge in [0.2, 0.25) is 0 Å². The van der Waals surface area contributed by atoms with Crippen molar-refractivity contribution in [2.45, 2.75) is 25.3 Å². The third-order valence-corrected chi connectivity index (χ3v) is 5.80. The number of rotatable bonds is 4. The van der Waals surface area contributed by atoms with E-state index in [-0.39, 0.29) is 35.3 Å². The van der Waals surface area contributed by atoms with E-state index in [0.717, 1.165) is 0 Å². The molecule has 162 valence electrons. The van der Waals surface area contributed by atoms with Crippen molar-refractivity contribution < 1.29 is 9.18 Å². The normalized spacial score (nSPS) is 14.7. The summed E-state index contributed by atoms with van der Waals surface area (Å²) in [7, 11) is 0. The van der Waals surface area contributed by atoms with Gasteiger partial charge in [0.05, 0.1) is 6.54 Å². The molecule has 0 atom stereocenters. The van der Waals surface area contributed by atoms with Gasteiger partial charge in [-0.25, -0.2) is 14.1 Å². The number of halogens is 1. The molecule has 2 aromatic heterocycles. The van der Waals surface area contributed by atoms with Crippen LogP contribution in [0.1, 0.15) is 40.5 Å². The van der Waals surface area contributed by atoms with Crippen LogP contribution < -0.4 is 5.56 Å². The molecule has 2 aromatic carbocycles. The van der Waals surface area contributed by atoms with E-state index in [1.54, 1.807) is 12.1 Å². The minimum absolute atomic E-state index is 0.0123. The molecule has 32 heavy (non-hydrogen) atoms. The molecule has 1 aliphatic heterocycles. The Bertz CT molecular complexity index is 1330. The van der Waals surface area contributed by atoms with E-state index in [2.05, 4.69) is 20.3 Å². The first-order valence-electron chi connectivity index (χ1n) is 10.5. The molecule has 4 aromatic rings. The zero-order chi connectivity index (χ0) is 22.1. The molecular weight excluding hydrogens is 411 g/mol. The highest BCUT2D eigenvalue weighted by Gasteiger charge is 2.27. The van der Waals surface area contributed by atoms with E-state index < -0.39 is 0 Å². The molecule has 9 heteroatoms. The Morgan fingerprint density at radius 3 is 2.62 bits per heavy atom. The number of nitrogens with zero attached hydrogens (tertiary/aromatic N) is 5. The summed E-state index contributed by atoms with van der Waals surface area (Å²) in [5, 5.41) is 8.00. The minimum atomic E-state index is -0.349. The van der Waals surface area contributed by atoms with Crippen LogP contribution >= 0.6 is 0 Å². The summed E-state index contributed by atoms with van der Waals surface area (Å²) in [6.45, 7) is 1.43. The molecule has 1 saturated heterocycles. The number of hydrogen-bond acceptors (Lipinski definition) is 5. The van der Waals surface area contributed by atoms with Crippen molar-refractivity contribution in [1.29, 1.82) is 0 Å². The van der Waals surface area contributed by atoms with Crippen molar-refractivity contribution in [3.05, 3.63) is 87.7 Å². The third-order valence-electron chi connectivity index (χ3n) is 5.80. The number of aromatic nitrogens is 5. The molecule has 5 rings (SSSR count). The summed E-state index contributed by atoms with van der Waals surface area (Å²) in [6, 6.07) is 15.4. The molecule has 8 nitrogen and oxygen atoms in total. The van der Waals surface area contributed by atoms with Crippen LogP contribution in [0.15, 0.2) is 59.4 Å². The fourth-order valence-electron chi connectivity index (χ4n) is 4.11. The van der Waals surface area contributed by atoms with E-state index in [9.17, 15) is 14.0 Å². The van der Waals surface area contributed by atoms with E-state index in [0.29, 0.717) is 48.5 Å². The maximum absolute atomic E-state index is 13.5. The summed E-state index contributed by atoms with van der Waals surface area (Å²) in [6.07, 6.45) is 1.39. The minimum Gasteiger partial charge on any atom is -0.339 e. The van der Waals surface area contributed by atoms with Crippen LogP contribution in [-0.4, -0.2) is 48.9 Å². The van der Waals surface area contributed by atoms with Crippen molar-refractivity contribution in [1.82, 2.24) is 29.9 Å². The monoisotopic (exact) mass is 432 g/mol. The van der Waals surface area contributed by atoms with Crippen LogP contribution in [0.25, 0.3) is 11.2 Å². The second-order valence-electron chi connectivity index (χ2n) is 7.93. The average molecular weight is 432 g/mol. The second kappa shape index (κ2) is 8.33. The maximum Gasteiger partial charge on any atom is 0.281 e. The number of H-pyrrole nitrogens is 1. The quantitative estimate of drug-likeness (QED) is 0.535. The number of benzene rings is 2. The van der Waals surface area contributed by atoms with Crippen molar-refractivity contribution in [2.24, 2.45) is 0 Å². The van der Waals surface area contributed by atoms with Crippen LogP contribution in [0.3, 0.4) is 0 Å². The number of carbonyl (C=O) groups is 1. The Morgan fingerprint density at radius 1 is 1.09 bits per heavy atom. The summed E-state index contributed by atoms with van der Waals surface area (Å²) >= 11 is 0. The van der Waals surface area contributed by atoms with Gasteiger partial charge >= 0.3 is 0 Å². The molecule has 0 bridgehead atoms. The van der Waals surface area contributed by atoms with Crippen LogP contribution in [-0.2, 0) is 6.54 Å². The zero-order valence-electron chi connectivity index (χ0n) is 17.2. The van der Waals surface area contributed by atoms with E-state index in [1.807, 2.05) is 35.2 Å². The Labute approximate surface area is 182 Å². The fraction of sp³-hybridized carbons (Fsp3) is 0.261. The molecule has 0 radical (unpaired) electrons. The van der Waals surface area contributed by atoms with Gasteiger partial charge in [-0.1, -0.05) is 35.5 Å². The lowest BCUT2D eigenvalue weighted by molar-refractivity contribution is 0.0711. The van der Waals surface area contributed by atoms with Crippen LogP contribution in [0, 0.1) is 5.82 Å². The second-order valence-corrected chi connectivity index (χ2v) is 7.93. The molecule has 1 fully saturated rings. The Morgan fingerprint density at radius 2 is 1.88 bits per heavy atom. The van der Waals surface area contributed by atoms with Gasteiger partial charge in [-0.15, -0.1) is 5.10 Å². The van der Waals surface area contributed by atoms with Crippen LogP contribution in [0.4, 0.5) is 4.39 Å². The Kier molecular flexibility index (Phi) is 5.22. The SMILES string of the molecule is O=C(c1ccccc1)N1CCC(c2nc3c(nnn3Cc3cccc(F)c3)c(=O)[nH]2)CC1. The maximum atomic E-state index is 13.5. The number of amides is 1. The lowest BCUT2D eigenvalue weighted by atomic mass is 9.95. The van der Waals surface area contributed by atoms with Gasteiger partial charge in [-0.05, 0) is 42.7 Å². The smallest absolute Gasteiger partial charge is 0.281 e. The van der Waals surface area contributed by atoms with E-state index in [4.69, 9.17) is 0 Å². The van der Waals surface area contributed by atoms with Gasteiger partial charge < -0.3 is 9.88 Å². The van der Waals surface area contributed by atoms with Crippen molar-refractivity contribution >= 4 is 17.1 Å². The number of piperidine rings is 1. The zero-order valence-corrected chi connectivity index (χ0v) is 17.2. The molecule has 0 spiro atoms. The summed E-state index contributed by atoms with van der Waals surface area (Å²) in [5.41, 5.74) is 1.55. The van der Waals surface area contributed by atoms with Crippen molar-refractivity contribution in [2.75, 3.05) is 13.1 Å². The van der Waals surface area contributed by atoms with Crippen LogP contribution in [0.5, 0.6) is 0 Å². The molecule has 0 aliphatic carbocycles. The van der Waals surface area contributed by atoms with Gasteiger partial charge in [-0.3, -0.25) is 9.59 Å². The molecular formula is C23H21FN6O2. The first kappa shape index (κ1) is 20.0. The summed E-state index contributed by atoms with van der Waals surface area (Å²) in [5.74, 6) is 0.259. The van der Waals surface area contributed by atoms with Gasteiger partial charge in [0.25, 0.3) is 11.5 Å². The molecule has 1 N–H and O–H groups in total. The lowest BCUT2D eigenvalue weighted by Gasteiger charge is -2.31. The first-order chi connectivity index (χ1) is 15.6. The number of likely N-dealkylation sites (tertiary alicyclic amines) is 1. The molecule has 0 saturated carbocycles. The predicted molar refractivity (Wildman–Crippen MR) is 116 cm³/mol. The van der Waals surface area contributed by atoms with Crippen molar-refractivity contribution in [3.63, 3.8) is 0 Å². The van der Waals surface area contributed by atoms with E-state index in [1.165, 1.54) is 16.8 Å². The molecule has 3 heterocycles. The predicted octanol–water partition coefficient (Wildman–Crippen LogP) is 2.72. The fourth-order valence-corrected chi connectivity index (χ4v) is 4.11.